The summed E-state index contributed by atoms with van der Waals surface area (Å²) in [5, 5.41) is 3.90. The van der Waals surface area contributed by atoms with Gasteiger partial charge in [-0.05, 0) is 33.2 Å². The average Bonchev–Trinajstić information content (AvgIpc) is 2.65. The maximum Gasteiger partial charge on any atom is 0.220 e. The first kappa shape index (κ1) is 13.1. The van der Waals surface area contributed by atoms with Crippen molar-refractivity contribution >= 4 is 17.2 Å². The molecule has 4 nitrogen and oxygen atoms in total. The highest BCUT2D eigenvalue weighted by Crippen LogP contribution is 2.18. The number of aromatic nitrogens is 1. The van der Waals surface area contributed by atoms with Crippen molar-refractivity contribution in [1.82, 2.24) is 10.3 Å². The number of nitrogens with one attached hydrogen (secondary N) is 1. The number of carbonyl (C=O) groups is 1. The van der Waals surface area contributed by atoms with Gasteiger partial charge in [0.05, 0.1) is 6.04 Å². The van der Waals surface area contributed by atoms with Crippen LogP contribution in [0, 0.1) is 6.92 Å². The van der Waals surface area contributed by atoms with Gasteiger partial charge in [0.15, 0.2) is 0 Å². The summed E-state index contributed by atoms with van der Waals surface area (Å²) in [6, 6.07) is 0.00377. The summed E-state index contributed by atoms with van der Waals surface area (Å²) in [5.41, 5.74) is 5.37. The first-order chi connectivity index (χ1) is 7.63. The molecule has 0 fully saturated rings. The monoisotopic (exact) mass is 241 g/mol. The molecule has 5 heteroatoms. The Bertz CT molecular complexity index is 338. The van der Waals surface area contributed by atoms with Crippen molar-refractivity contribution < 1.29 is 4.79 Å². The van der Waals surface area contributed by atoms with Crippen molar-refractivity contribution in [2.24, 2.45) is 5.73 Å². The van der Waals surface area contributed by atoms with Crippen LogP contribution in [0.15, 0.2) is 6.20 Å². The van der Waals surface area contributed by atoms with E-state index in [1.165, 1.54) is 4.88 Å². The predicted molar refractivity (Wildman–Crippen MR) is 66.3 cm³/mol. The van der Waals surface area contributed by atoms with Crippen molar-refractivity contribution in [2.75, 3.05) is 6.54 Å². The van der Waals surface area contributed by atoms with Gasteiger partial charge in [-0.3, -0.25) is 4.79 Å². The van der Waals surface area contributed by atoms with E-state index >= 15 is 0 Å². The van der Waals surface area contributed by atoms with Gasteiger partial charge < -0.3 is 11.1 Å². The Morgan fingerprint density at radius 1 is 1.62 bits per heavy atom. The third kappa shape index (κ3) is 4.28. The molecular formula is C11H19N3OS. The molecule has 90 valence electrons. The molecule has 0 saturated carbocycles. The molecule has 0 bridgehead atoms. The first-order valence-electron chi connectivity index (χ1n) is 5.55. The molecule has 1 rings (SSSR count). The SMILES string of the molecule is Cc1cnc(C(C)NC(=O)CCCCN)s1. The Morgan fingerprint density at radius 3 is 2.94 bits per heavy atom. The smallest absolute Gasteiger partial charge is 0.220 e. The number of nitrogens with two attached hydrogens (primary N) is 1. The summed E-state index contributed by atoms with van der Waals surface area (Å²) in [6.07, 6.45) is 4.13. The van der Waals surface area contributed by atoms with Crippen molar-refractivity contribution in [3.05, 3.63) is 16.1 Å². The van der Waals surface area contributed by atoms with E-state index in [4.69, 9.17) is 5.73 Å². The van der Waals surface area contributed by atoms with Crippen LogP contribution in [-0.2, 0) is 4.79 Å². The summed E-state index contributed by atoms with van der Waals surface area (Å²) >= 11 is 1.62. The van der Waals surface area contributed by atoms with Crippen molar-refractivity contribution in [3.63, 3.8) is 0 Å². The zero-order valence-corrected chi connectivity index (χ0v) is 10.6. The maximum atomic E-state index is 11.5. The van der Waals surface area contributed by atoms with Gasteiger partial charge in [-0.15, -0.1) is 11.3 Å². The average molecular weight is 241 g/mol. The molecule has 0 aliphatic rings. The normalized spacial score (nSPS) is 12.4. The van der Waals surface area contributed by atoms with Gasteiger partial charge in [-0.25, -0.2) is 4.98 Å². The topological polar surface area (TPSA) is 68.0 Å². The number of thiazole rings is 1. The van der Waals surface area contributed by atoms with Crippen LogP contribution in [-0.4, -0.2) is 17.4 Å². The number of carbonyl (C=O) groups excluding carboxylic acids is 1. The third-order valence-electron chi connectivity index (χ3n) is 2.25. The fourth-order valence-corrected chi connectivity index (χ4v) is 2.15. The fourth-order valence-electron chi connectivity index (χ4n) is 1.38. The Balaban J connectivity index is 2.33. The second kappa shape index (κ2) is 6.60. The minimum absolute atomic E-state index is 0.00377. The van der Waals surface area contributed by atoms with Crippen LogP contribution < -0.4 is 11.1 Å². The molecule has 1 atom stereocenters. The minimum atomic E-state index is 0.00377. The Kier molecular flexibility index (Phi) is 5.42. The molecule has 0 radical (unpaired) electrons. The van der Waals surface area contributed by atoms with Crippen molar-refractivity contribution in [1.29, 1.82) is 0 Å². The molecular weight excluding hydrogens is 222 g/mol. The number of aryl methyl sites for hydroxylation is 1. The highest BCUT2D eigenvalue weighted by molar-refractivity contribution is 7.11. The van der Waals surface area contributed by atoms with Crippen molar-refractivity contribution in [2.45, 2.75) is 39.2 Å². The van der Waals surface area contributed by atoms with E-state index in [2.05, 4.69) is 10.3 Å². The summed E-state index contributed by atoms with van der Waals surface area (Å²) in [4.78, 5) is 16.9. The molecule has 1 aromatic rings. The molecule has 0 saturated heterocycles. The highest BCUT2D eigenvalue weighted by atomic mass is 32.1. The van der Waals surface area contributed by atoms with Crippen LogP contribution in [0.1, 0.15) is 42.1 Å². The molecule has 1 heterocycles. The summed E-state index contributed by atoms with van der Waals surface area (Å²) in [6.45, 7) is 4.62. The number of nitrogens with zero attached hydrogens (tertiary/aromatic N) is 1. The van der Waals surface area contributed by atoms with E-state index < -0.39 is 0 Å². The van der Waals surface area contributed by atoms with Gasteiger partial charge in [0.1, 0.15) is 5.01 Å². The summed E-state index contributed by atoms with van der Waals surface area (Å²) < 4.78 is 0. The van der Waals surface area contributed by atoms with E-state index in [9.17, 15) is 4.79 Å². The van der Waals surface area contributed by atoms with Crippen molar-refractivity contribution in [3.8, 4) is 0 Å². The van der Waals surface area contributed by atoms with Crippen LogP contribution in [0.2, 0.25) is 0 Å². The van der Waals surface area contributed by atoms with E-state index in [1.807, 2.05) is 20.0 Å². The predicted octanol–water partition coefficient (Wildman–Crippen LogP) is 1.76. The number of amides is 1. The number of unbranched alkanes of at least 4 members (excludes halogenated alkanes) is 1. The van der Waals surface area contributed by atoms with Gasteiger partial charge in [0, 0.05) is 17.5 Å². The molecule has 16 heavy (non-hydrogen) atoms. The Labute approximate surface area is 100 Å². The lowest BCUT2D eigenvalue weighted by Gasteiger charge is -2.10. The van der Waals surface area contributed by atoms with E-state index in [0.717, 1.165) is 17.8 Å². The highest BCUT2D eigenvalue weighted by Gasteiger charge is 2.11. The lowest BCUT2D eigenvalue weighted by atomic mass is 10.2. The van der Waals surface area contributed by atoms with Crippen LogP contribution in [0.25, 0.3) is 0 Å². The van der Waals surface area contributed by atoms with Gasteiger partial charge >= 0.3 is 0 Å². The summed E-state index contributed by atoms with van der Waals surface area (Å²) in [5.74, 6) is 0.0776. The lowest BCUT2D eigenvalue weighted by molar-refractivity contribution is -0.121. The number of hydrogen-bond donors (Lipinski definition) is 2. The zero-order chi connectivity index (χ0) is 12.0. The largest absolute Gasteiger partial charge is 0.347 e. The Morgan fingerprint density at radius 2 is 2.38 bits per heavy atom. The molecule has 0 spiro atoms. The van der Waals surface area contributed by atoms with E-state index in [0.29, 0.717) is 13.0 Å². The van der Waals surface area contributed by atoms with Crippen LogP contribution in [0.3, 0.4) is 0 Å². The van der Waals surface area contributed by atoms with Gasteiger partial charge in [0.2, 0.25) is 5.91 Å². The van der Waals surface area contributed by atoms with Crippen LogP contribution in [0.5, 0.6) is 0 Å². The molecule has 3 N–H and O–H groups in total. The number of hydrogen-bond acceptors (Lipinski definition) is 4. The quantitative estimate of drug-likeness (QED) is 0.746. The molecule has 0 aliphatic heterocycles. The Hall–Kier alpha value is -0.940. The van der Waals surface area contributed by atoms with E-state index in [-0.39, 0.29) is 11.9 Å². The second-order valence-electron chi connectivity index (χ2n) is 3.84. The van der Waals surface area contributed by atoms with Gasteiger partial charge in [-0.1, -0.05) is 0 Å². The molecule has 1 amide bonds. The fraction of sp³-hybridized carbons (Fsp3) is 0.636. The maximum absolute atomic E-state index is 11.5. The van der Waals surface area contributed by atoms with Crippen LogP contribution >= 0.6 is 11.3 Å². The van der Waals surface area contributed by atoms with Gasteiger partial charge in [-0.2, -0.15) is 0 Å². The lowest BCUT2D eigenvalue weighted by Crippen LogP contribution is -2.26. The summed E-state index contributed by atoms with van der Waals surface area (Å²) in [7, 11) is 0. The molecule has 1 unspecified atom stereocenters. The molecule has 1 aromatic heterocycles. The minimum Gasteiger partial charge on any atom is -0.347 e. The number of rotatable bonds is 6. The molecule has 0 aromatic carbocycles. The third-order valence-corrected chi connectivity index (χ3v) is 3.34. The second-order valence-corrected chi connectivity index (χ2v) is 5.11. The van der Waals surface area contributed by atoms with Gasteiger partial charge in [0.25, 0.3) is 0 Å². The van der Waals surface area contributed by atoms with Crippen LogP contribution in [0.4, 0.5) is 0 Å². The molecule has 0 aliphatic carbocycles. The zero-order valence-electron chi connectivity index (χ0n) is 9.82. The van der Waals surface area contributed by atoms with E-state index in [1.54, 1.807) is 11.3 Å². The standard InChI is InChI=1S/C11H19N3OS/c1-8-7-13-11(16-8)9(2)14-10(15)5-3-4-6-12/h7,9H,3-6,12H2,1-2H3,(H,14,15). The first-order valence-corrected chi connectivity index (χ1v) is 6.37.